The summed E-state index contributed by atoms with van der Waals surface area (Å²) in [5.74, 6) is -7.63. The zero-order valence-electron chi connectivity index (χ0n) is 37.9. The van der Waals surface area contributed by atoms with E-state index < -0.39 is 107 Å². The minimum Gasteiger partial charge on any atom is -0.481 e. The van der Waals surface area contributed by atoms with Crippen LogP contribution in [-0.2, 0) is 47.6 Å². The van der Waals surface area contributed by atoms with Gasteiger partial charge in [-0.3, -0.25) is 19.2 Å². The summed E-state index contributed by atoms with van der Waals surface area (Å²) in [6, 6.07) is -0.809. The standard InChI is InChI=1S/C46H75NO13/c1-12-31(42(52)53)33-16-15-25(4)40(57-33)29(8)38(50)28(7)39(51)32(13-2)41-26(5)23-27(6)45(58-41)20-17-34(47-36(48)24-37(49)55-11)46(60-45)22-21-43(10,59-46)35-18-19-44(54,14-3)30(9)56-35/h17,20,25-35,38,40-41,50,54H,12-16,18-19,21-24H2,1-11H3,(H,47,48)(H,52,53)/t25-,26-,27+,28-,29-,30-,31+,32-,33+,34-,35+,38+,40+,41-,43-,44+,45-,46-/m0/s1. The molecule has 0 aromatic heterocycles. The van der Waals surface area contributed by atoms with Gasteiger partial charge in [0, 0.05) is 30.1 Å². The lowest BCUT2D eigenvalue weighted by Crippen LogP contribution is -2.65. The normalized spacial score (nSPS) is 41.9. The van der Waals surface area contributed by atoms with Crippen LogP contribution in [0.3, 0.4) is 0 Å². The quantitative estimate of drug-likeness (QED) is 0.0868. The number of carboxylic acid groups (broad SMARTS) is 1. The first-order valence-electron chi connectivity index (χ1n) is 22.7. The van der Waals surface area contributed by atoms with Crippen molar-refractivity contribution in [3.8, 4) is 0 Å². The van der Waals surface area contributed by atoms with Crippen molar-refractivity contribution >= 4 is 23.6 Å². The summed E-state index contributed by atoms with van der Waals surface area (Å²) in [6.45, 7) is 19.4. The first kappa shape index (κ1) is 48.6. The first-order chi connectivity index (χ1) is 28.1. The van der Waals surface area contributed by atoms with Crippen LogP contribution in [0.15, 0.2) is 12.2 Å². The Hall–Kier alpha value is -2.46. The molecule has 18 atom stereocenters. The van der Waals surface area contributed by atoms with E-state index in [4.69, 9.17) is 28.4 Å². The van der Waals surface area contributed by atoms with Gasteiger partial charge in [-0.1, -0.05) is 61.5 Å². The second-order valence-electron chi connectivity index (χ2n) is 19.3. The number of aliphatic hydroxyl groups is 2. The highest BCUT2D eigenvalue weighted by molar-refractivity contribution is 5.94. The lowest BCUT2D eigenvalue weighted by Gasteiger charge is -2.55. The molecule has 5 aliphatic heterocycles. The molecule has 60 heavy (non-hydrogen) atoms. The van der Waals surface area contributed by atoms with E-state index in [1.165, 1.54) is 7.11 Å². The van der Waals surface area contributed by atoms with Gasteiger partial charge in [-0.2, -0.15) is 0 Å². The summed E-state index contributed by atoms with van der Waals surface area (Å²) >= 11 is 0. The molecule has 0 aromatic carbocycles. The zero-order chi connectivity index (χ0) is 44.5. The number of carbonyl (C=O) groups excluding carboxylic acids is 3. The molecule has 0 radical (unpaired) electrons. The molecular weight excluding hydrogens is 774 g/mol. The summed E-state index contributed by atoms with van der Waals surface area (Å²) in [5, 5.41) is 35.8. The van der Waals surface area contributed by atoms with Gasteiger partial charge >= 0.3 is 11.9 Å². The van der Waals surface area contributed by atoms with E-state index in [1.54, 1.807) is 13.0 Å². The lowest BCUT2D eigenvalue weighted by atomic mass is 9.72. The highest BCUT2D eigenvalue weighted by Crippen LogP contribution is 2.54. The Morgan fingerprint density at radius 3 is 2.18 bits per heavy atom. The predicted molar refractivity (Wildman–Crippen MR) is 221 cm³/mol. The SMILES string of the molecule is CC[C@@H](C(=O)[C@@H](C)[C@@H](O)[C@H](C)[C@@H]1O[C@@H]([C@@H](CC)C(=O)O)CC[C@@H]1C)[C@H]1O[C@]2(C=C[C@H](NC(=O)CC(=O)OC)[C@]3(CC[C@@](C)([C@H]4CC[C@](O)(CC)[C@H](C)O4)O3)O2)[C@H](C)C[C@@H]1C. The summed E-state index contributed by atoms with van der Waals surface area (Å²) in [5.41, 5.74) is -1.80. The molecule has 5 aliphatic rings. The lowest BCUT2D eigenvalue weighted by molar-refractivity contribution is -0.398. The van der Waals surface area contributed by atoms with Gasteiger partial charge in [0.1, 0.15) is 18.2 Å². The molecule has 0 unspecified atom stereocenters. The van der Waals surface area contributed by atoms with Crippen LogP contribution >= 0.6 is 0 Å². The number of amides is 1. The van der Waals surface area contributed by atoms with Gasteiger partial charge in [0.25, 0.3) is 0 Å². The van der Waals surface area contributed by atoms with Crippen LogP contribution in [0, 0.1) is 41.4 Å². The second-order valence-corrected chi connectivity index (χ2v) is 19.3. The largest absolute Gasteiger partial charge is 0.481 e. The average molecular weight is 850 g/mol. The van der Waals surface area contributed by atoms with Gasteiger partial charge in [-0.05, 0) is 89.5 Å². The molecule has 5 rings (SSSR count). The average Bonchev–Trinajstić information content (AvgIpc) is 3.55. The molecule has 4 N–H and O–H groups in total. The number of esters is 1. The number of hydrogen-bond acceptors (Lipinski definition) is 12. The maximum Gasteiger partial charge on any atom is 0.315 e. The number of Topliss-reactive ketones (excluding diaryl/α,β-unsaturated/α-hetero) is 1. The molecule has 5 heterocycles. The van der Waals surface area contributed by atoms with Crippen LogP contribution < -0.4 is 5.32 Å². The molecule has 0 saturated carbocycles. The van der Waals surface area contributed by atoms with Gasteiger partial charge in [0.05, 0.1) is 60.9 Å². The Morgan fingerprint density at radius 2 is 1.58 bits per heavy atom. The molecule has 0 aliphatic carbocycles. The fourth-order valence-corrected chi connectivity index (χ4v) is 11.1. The Morgan fingerprint density at radius 1 is 0.900 bits per heavy atom. The monoisotopic (exact) mass is 850 g/mol. The van der Waals surface area contributed by atoms with Gasteiger partial charge in [-0.15, -0.1) is 0 Å². The van der Waals surface area contributed by atoms with Crippen molar-refractivity contribution < 1.29 is 62.9 Å². The van der Waals surface area contributed by atoms with E-state index in [0.717, 1.165) is 6.42 Å². The van der Waals surface area contributed by atoms with Crippen LogP contribution in [0.2, 0.25) is 0 Å². The third-order valence-corrected chi connectivity index (χ3v) is 15.3. The number of methoxy groups -OCH3 is 1. The topological polar surface area (TPSA) is 196 Å². The number of carboxylic acids is 1. The van der Waals surface area contributed by atoms with E-state index in [9.17, 15) is 34.5 Å². The van der Waals surface area contributed by atoms with Gasteiger partial charge in [0.15, 0.2) is 11.6 Å². The fraction of sp³-hybridized carbons (Fsp3) is 0.870. The molecule has 2 spiro atoms. The first-order valence-corrected chi connectivity index (χ1v) is 22.7. The van der Waals surface area contributed by atoms with E-state index >= 15 is 0 Å². The Labute approximate surface area is 357 Å². The molecule has 14 nitrogen and oxygen atoms in total. The number of rotatable bonds is 15. The molecular formula is C46H75NO13. The summed E-state index contributed by atoms with van der Waals surface area (Å²) in [7, 11) is 1.22. The van der Waals surface area contributed by atoms with E-state index in [1.807, 2.05) is 54.5 Å². The zero-order valence-corrected chi connectivity index (χ0v) is 37.9. The smallest absolute Gasteiger partial charge is 0.315 e. The molecule has 0 bridgehead atoms. The van der Waals surface area contributed by atoms with Crippen LogP contribution in [0.1, 0.15) is 140 Å². The number of hydrogen-bond donors (Lipinski definition) is 4. The third-order valence-electron chi connectivity index (χ3n) is 15.3. The summed E-state index contributed by atoms with van der Waals surface area (Å²) < 4.78 is 38.9. The van der Waals surface area contributed by atoms with Crippen LogP contribution in [0.25, 0.3) is 0 Å². The highest BCUT2D eigenvalue weighted by Gasteiger charge is 2.63. The maximum absolute atomic E-state index is 14.6. The maximum atomic E-state index is 14.6. The minimum atomic E-state index is -1.43. The number of aliphatic hydroxyl groups excluding tert-OH is 1. The number of ether oxygens (including phenoxy) is 6. The molecule has 4 fully saturated rings. The third kappa shape index (κ3) is 9.55. The Bertz CT molecular complexity index is 1570. The fourth-order valence-electron chi connectivity index (χ4n) is 11.1. The van der Waals surface area contributed by atoms with Crippen LogP contribution in [0.5, 0.6) is 0 Å². The van der Waals surface area contributed by atoms with Crippen molar-refractivity contribution in [1.29, 1.82) is 0 Å². The summed E-state index contributed by atoms with van der Waals surface area (Å²) in [6.07, 6.45) is 5.32. The Balaban J connectivity index is 1.39. The highest BCUT2D eigenvalue weighted by atomic mass is 16.8. The van der Waals surface area contributed by atoms with Gasteiger partial charge in [0.2, 0.25) is 5.91 Å². The van der Waals surface area contributed by atoms with E-state index in [-0.39, 0.29) is 29.6 Å². The molecule has 0 aromatic rings. The molecule has 14 heteroatoms. The number of carbonyl (C=O) groups is 4. The van der Waals surface area contributed by atoms with Gasteiger partial charge in [-0.25, -0.2) is 0 Å². The minimum absolute atomic E-state index is 0.0552. The van der Waals surface area contributed by atoms with Gasteiger partial charge < -0.3 is 49.1 Å². The molecule has 4 saturated heterocycles. The predicted octanol–water partition coefficient (Wildman–Crippen LogP) is 5.88. The van der Waals surface area contributed by atoms with Crippen molar-refractivity contribution in [3.63, 3.8) is 0 Å². The Kier molecular flexibility index (Phi) is 15.5. The number of ketones is 1. The van der Waals surface area contributed by atoms with Crippen molar-refractivity contribution in [1.82, 2.24) is 5.32 Å². The van der Waals surface area contributed by atoms with E-state index in [0.29, 0.717) is 57.8 Å². The van der Waals surface area contributed by atoms with Crippen molar-refractivity contribution in [2.24, 2.45) is 41.4 Å². The van der Waals surface area contributed by atoms with Crippen LogP contribution in [0.4, 0.5) is 0 Å². The van der Waals surface area contributed by atoms with Crippen molar-refractivity contribution in [3.05, 3.63) is 12.2 Å². The molecule has 342 valence electrons. The molecule has 1 amide bonds. The second kappa shape index (κ2) is 19.1. The van der Waals surface area contributed by atoms with Crippen LogP contribution in [-0.4, -0.2) is 112 Å². The van der Waals surface area contributed by atoms with Crippen molar-refractivity contribution in [2.45, 2.75) is 205 Å². The van der Waals surface area contributed by atoms with Crippen molar-refractivity contribution in [2.75, 3.05) is 7.11 Å². The number of aliphatic carboxylic acids is 1. The number of nitrogens with one attached hydrogen (secondary N) is 1. The summed E-state index contributed by atoms with van der Waals surface area (Å²) in [4.78, 5) is 51.9. The van der Waals surface area contributed by atoms with E-state index in [2.05, 4.69) is 19.2 Å².